The molecule has 1 aromatic rings. The third kappa shape index (κ3) is 2.68. The summed E-state index contributed by atoms with van der Waals surface area (Å²) in [5, 5.41) is 12.6. The van der Waals surface area contributed by atoms with E-state index in [-0.39, 0.29) is 12.7 Å². The van der Waals surface area contributed by atoms with E-state index in [1.54, 1.807) is 0 Å². The lowest BCUT2D eigenvalue weighted by Crippen LogP contribution is -2.38. The van der Waals surface area contributed by atoms with E-state index in [2.05, 4.69) is 24.4 Å². The molecule has 1 fully saturated rings. The summed E-state index contributed by atoms with van der Waals surface area (Å²) in [7, 11) is 0. The van der Waals surface area contributed by atoms with Crippen LogP contribution in [0.5, 0.6) is 0 Å². The van der Waals surface area contributed by atoms with Gasteiger partial charge in [-0.25, -0.2) is 0 Å². The minimum absolute atomic E-state index is 0.0771. The molecule has 3 nitrogen and oxygen atoms in total. The van der Waals surface area contributed by atoms with Crippen molar-refractivity contribution in [1.82, 2.24) is 5.32 Å². The van der Waals surface area contributed by atoms with Crippen LogP contribution in [0, 0.1) is 0 Å². The SMILES string of the molecule is CCCCC1(c2ccccc2)NCC(CO)O1. The van der Waals surface area contributed by atoms with Crippen molar-refractivity contribution >= 4 is 0 Å². The normalized spacial score (nSPS) is 28.5. The Morgan fingerprint density at radius 3 is 2.76 bits per heavy atom. The first kappa shape index (κ1) is 12.6. The van der Waals surface area contributed by atoms with Crippen LogP contribution in [0.1, 0.15) is 31.7 Å². The summed E-state index contributed by atoms with van der Waals surface area (Å²) in [6.07, 6.45) is 3.11. The lowest BCUT2D eigenvalue weighted by atomic mass is 9.97. The molecular weight excluding hydrogens is 214 g/mol. The molecule has 0 aromatic heterocycles. The Balaban J connectivity index is 2.19. The third-order valence-corrected chi connectivity index (χ3v) is 3.31. The molecule has 1 saturated heterocycles. The van der Waals surface area contributed by atoms with E-state index in [9.17, 15) is 5.11 Å². The summed E-state index contributed by atoms with van der Waals surface area (Å²) in [6, 6.07) is 10.2. The Labute approximate surface area is 103 Å². The number of rotatable bonds is 5. The molecule has 1 heterocycles. The highest BCUT2D eigenvalue weighted by Gasteiger charge is 2.40. The van der Waals surface area contributed by atoms with E-state index in [4.69, 9.17) is 4.74 Å². The summed E-state index contributed by atoms with van der Waals surface area (Å²) in [4.78, 5) is 0. The Hall–Kier alpha value is -0.900. The first-order valence-electron chi connectivity index (χ1n) is 6.40. The predicted molar refractivity (Wildman–Crippen MR) is 67.6 cm³/mol. The van der Waals surface area contributed by atoms with Crippen molar-refractivity contribution in [1.29, 1.82) is 0 Å². The standard InChI is InChI=1S/C14H21NO2/c1-2-3-9-14(12-7-5-4-6-8-12)15-10-13(11-16)17-14/h4-8,13,15-16H,2-3,9-11H2,1H3. The lowest BCUT2D eigenvalue weighted by Gasteiger charge is -2.30. The maximum Gasteiger partial charge on any atom is 0.145 e. The Kier molecular flexibility index (Phi) is 4.15. The number of hydrogen-bond donors (Lipinski definition) is 2. The summed E-state index contributed by atoms with van der Waals surface area (Å²) in [5.41, 5.74) is 0.759. The molecule has 17 heavy (non-hydrogen) atoms. The molecule has 1 aliphatic heterocycles. The summed E-state index contributed by atoms with van der Waals surface area (Å²) < 4.78 is 6.03. The van der Waals surface area contributed by atoms with Gasteiger partial charge < -0.3 is 9.84 Å². The van der Waals surface area contributed by atoms with E-state index >= 15 is 0 Å². The lowest BCUT2D eigenvalue weighted by molar-refractivity contribution is -0.0770. The van der Waals surface area contributed by atoms with Gasteiger partial charge in [-0.2, -0.15) is 0 Å². The minimum atomic E-state index is -0.398. The van der Waals surface area contributed by atoms with Gasteiger partial charge in [0, 0.05) is 6.54 Å². The van der Waals surface area contributed by atoms with Gasteiger partial charge in [-0.3, -0.25) is 5.32 Å². The summed E-state index contributed by atoms with van der Waals surface area (Å²) in [6.45, 7) is 2.97. The molecule has 3 heteroatoms. The first-order chi connectivity index (χ1) is 8.30. The van der Waals surface area contributed by atoms with E-state index in [0.29, 0.717) is 0 Å². The topological polar surface area (TPSA) is 41.5 Å². The van der Waals surface area contributed by atoms with Crippen LogP contribution in [-0.4, -0.2) is 24.4 Å². The smallest absolute Gasteiger partial charge is 0.145 e. The van der Waals surface area contributed by atoms with Gasteiger partial charge in [-0.05, 0) is 18.4 Å². The number of nitrogens with one attached hydrogen (secondary N) is 1. The fraction of sp³-hybridized carbons (Fsp3) is 0.571. The molecule has 2 rings (SSSR count). The second kappa shape index (κ2) is 5.63. The predicted octanol–water partition coefficient (Wildman–Crippen LogP) is 2.01. The van der Waals surface area contributed by atoms with Gasteiger partial charge in [0.05, 0.1) is 12.7 Å². The first-order valence-corrected chi connectivity index (χ1v) is 6.40. The molecule has 2 unspecified atom stereocenters. The van der Waals surface area contributed by atoms with E-state index in [1.807, 2.05) is 18.2 Å². The largest absolute Gasteiger partial charge is 0.394 e. The van der Waals surface area contributed by atoms with Gasteiger partial charge in [0.25, 0.3) is 0 Å². The quantitative estimate of drug-likeness (QED) is 0.820. The molecule has 1 aliphatic rings. The zero-order chi connectivity index (χ0) is 12.1. The van der Waals surface area contributed by atoms with Crippen molar-refractivity contribution in [2.75, 3.05) is 13.2 Å². The van der Waals surface area contributed by atoms with Crippen molar-refractivity contribution < 1.29 is 9.84 Å². The molecule has 2 N–H and O–H groups in total. The number of aliphatic hydroxyl groups is 1. The van der Waals surface area contributed by atoms with Crippen molar-refractivity contribution in [2.24, 2.45) is 0 Å². The van der Waals surface area contributed by atoms with Gasteiger partial charge in [0.1, 0.15) is 5.72 Å². The average Bonchev–Trinajstić information content (AvgIpc) is 2.82. The summed E-state index contributed by atoms with van der Waals surface area (Å²) in [5.74, 6) is 0. The molecule has 2 atom stereocenters. The van der Waals surface area contributed by atoms with Crippen LogP contribution in [0.25, 0.3) is 0 Å². The zero-order valence-corrected chi connectivity index (χ0v) is 10.4. The monoisotopic (exact) mass is 235 g/mol. The number of hydrogen-bond acceptors (Lipinski definition) is 3. The molecule has 0 spiro atoms. The molecule has 0 aliphatic carbocycles. The van der Waals surface area contributed by atoms with Gasteiger partial charge in [-0.1, -0.05) is 43.7 Å². The van der Waals surface area contributed by atoms with Crippen molar-refractivity contribution in [2.45, 2.75) is 38.0 Å². The van der Waals surface area contributed by atoms with Gasteiger partial charge in [-0.15, -0.1) is 0 Å². The van der Waals surface area contributed by atoms with Crippen LogP contribution < -0.4 is 5.32 Å². The number of aliphatic hydroxyl groups excluding tert-OH is 1. The van der Waals surface area contributed by atoms with Crippen molar-refractivity contribution in [3.63, 3.8) is 0 Å². The van der Waals surface area contributed by atoms with Crippen LogP contribution in [-0.2, 0) is 10.5 Å². The average molecular weight is 235 g/mol. The maximum absolute atomic E-state index is 9.21. The van der Waals surface area contributed by atoms with Crippen LogP contribution in [0.15, 0.2) is 30.3 Å². The van der Waals surface area contributed by atoms with E-state index in [0.717, 1.165) is 31.4 Å². The Morgan fingerprint density at radius 1 is 1.41 bits per heavy atom. The zero-order valence-electron chi connectivity index (χ0n) is 10.4. The highest BCUT2D eigenvalue weighted by molar-refractivity contribution is 5.23. The molecule has 0 saturated carbocycles. The second-order valence-corrected chi connectivity index (χ2v) is 4.60. The summed E-state index contributed by atoms with van der Waals surface area (Å²) >= 11 is 0. The molecule has 94 valence electrons. The van der Waals surface area contributed by atoms with Crippen molar-refractivity contribution in [3.05, 3.63) is 35.9 Å². The number of benzene rings is 1. The highest BCUT2D eigenvalue weighted by Crippen LogP contribution is 2.33. The number of unbranched alkanes of at least 4 members (excludes halogenated alkanes) is 1. The van der Waals surface area contributed by atoms with Gasteiger partial charge in [0.2, 0.25) is 0 Å². The fourth-order valence-corrected chi connectivity index (χ4v) is 2.34. The highest BCUT2D eigenvalue weighted by atomic mass is 16.5. The van der Waals surface area contributed by atoms with E-state index < -0.39 is 5.72 Å². The molecule has 1 aromatic carbocycles. The number of ether oxygens (including phenoxy) is 1. The Morgan fingerprint density at radius 2 is 2.18 bits per heavy atom. The van der Waals surface area contributed by atoms with Crippen LogP contribution in [0.2, 0.25) is 0 Å². The van der Waals surface area contributed by atoms with Crippen LogP contribution >= 0.6 is 0 Å². The maximum atomic E-state index is 9.21. The van der Waals surface area contributed by atoms with E-state index in [1.165, 1.54) is 0 Å². The molecule has 0 radical (unpaired) electrons. The van der Waals surface area contributed by atoms with Crippen molar-refractivity contribution in [3.8, 4) is 0 Å². The van der Waals surface area contributed by atoms with Gasteiger partial charge >= 0.3 is 0 Å². The molecule has 0 amide bonds. The fourth-order valence-electron chi connectivity index (χ4n) is 2.34. The Bertz CT molecular complexity index is 341. The molecule has 0 bridgehead atoms. The van der Waals surface area contributed by atoms with Gasteiger partial charge in [0.15, 0.2) is 0 Å². The van der Waals surface area contributed by atoms with Crippen LogP contribution in [0.4, 0.5) is 0 Å². The second-order valence-electron chi connectivity index (χ2n) is 4.60. The molecular formula is C14H21NO2. The van der Waals surface area contributed by atoms with Crippen LogP contribution in [0.3, 0.4) is 0 Å². The third-order valence-electron chi connectivity index (χ3n) is 3.31. The minimum Gasteiger partial charge on any atom is -0.394 e.